The minimum atomic E-state index is -0.568. The van der Waals surface area contributed by atoms with Crippen molar-refractivity contribution in [1.29, 1.82) is 0 Å². The number of halogens is 1. The third kappa shape index (κ3) is 2.64. The smallest absolute Gasteiger partial charge is 0.399 e. The van der Waals surface area contributed by atoms with E-state index in [9.17, 15) is 4.39 Å². The number of nitrogens with zero attached hydrogens (tertiary/aromatic N) is 4. The Balaban J connectivity index is 1.81. The molecule has 1 aromatic heterocycles. The van der Waals surface area contributed by atoms with Crippen LogP contribution in [0, 0.1) is 5.82 Å². The zero-order valence-electron chi connectivity index (χ0n) is 13.1. The SMILES string of the molecule is CC1(C)OB(c2ccc(Cn3cnnn3)c(F)c2)OC1(C)C. The van der Waals surface area contributed by atoms with Gasteiger partial charge in [0.1, 0.15) is 12.1 Å². The quantitative estimate of drug-likeness (QED) is 0.796. The number of rotatable bonds is 3. The normalized spacial score (nSPS) is 19.6. The first-order chi connectivity index (χ1) is 10.3. The van der Waals surface area contributed by atoms with Crippen LogP contribution in [0.4, 0.5) is 4.39 Å². The monoisotopic (exact) mass is 304 g/mol. The van der Waals surface area contributed by atoms with Gasteiger partial charge in [0.15, 0.2) is 0 Å². The zero-order valence-corrected chi connectivity index (χ0v) is 13.1. The summed E-state index contributed by atoms with van der Waals surface area (Å²) in [4.78, 5) is 0. The van der Waals surface area contributed by atoms with Crippen LogP contribution in [-0.2, 0) is 15.9 Å². The molecule has 0 radical (unpaired) electrons. The van der Waals surface area contributed by atoms with E-state index in [4.69, 9.17) is 9.31 Å². The van der Waals surface area contributed by atoms with Crippen molar-refractivity contribution in [2.24, 2.45) is 0 Å². The van der Waals surface area contributed by atoms with Gasteiger partial charge in [-0.05, 0) is 49.7 Å². The lowest BCUT2D eigenvalue weighted by atomic mass is 9.78. The Bertz CT molecular complexity index is 659. The fraction of sp³-hybridized carbons (Fsp3) is 0.500. The van der Waals surface area contributed by atoms with Crippen LogP contribution in [0.5, 0.6) is 0 Å². The molecule has 1 aliphatic heterocycles. The fourth-order valence-corrected chi connectivity index (χ4v) is 2.24. The summed E-state index contributed by atoms with van der Waals surface area (Å²) in [5, 5.41) is 10.8. The molecule has 22 heavy (non-hydrogen) atoms. The van der Waals surface area contributed by atoms with Crippen molar-refractivity contribution in [2.45, 2.75) is 45.4 Å². The van der Waals surface area contributed by atoms with Gasteiger partial charge in [0, 0.05) is 5.56 Å². The van der Waals surface area contributed by atoms with Crippen molar-refractivity contribution in [3.8, 4) is 0 Å². The van der Waals surface area contributed by atoms with Crippen LogP contribution in [0.15, 0.2) is 24.5 Å². The van der Waals surface area contributed by atoms with E-state index in [2.05, 4.69) is 15.5 Å². The molecule has 1 fully saturated rings. The molecule has 3 rings (SSSR count). The molecular weight excluding hydrogens is 286 g/mol. The molecule has 1 aliphatic rings. The molecule has 0 atom stereocenters. The number of hydrogen-bond donors (Lipinski definition) is 0. The van der Waals surface area contributed by atoms with Crippen LogP contribution in [0.3, 0.4) is 0 Å². The molecule has 1 saturated heterocycles. The minimum absolute atomic E-state index is 0.280. The van der Waals surface area contributed by atoms with Crippen LogP contribution < -0.4 is 5.46 Å². The van der Waals surface area contributed by atoms with Crippen molar-refractivity contribution in [1.82, 2.24) is 20.2 Å². The van der Waals surface area contributed by atoms with E-state index in [0.717, 1.165) is 0 Å². The second-order valence-corrected chi connectivity index (χ2v) is 6.45. The molecule has 0 saturated carbocycles. The largest absolute Gasteiger partial charge is 0.494 e. The minimum Gasteiger partial charge on any atom is -0.399 e. The maximum Gasteiger partial charge on any atom is 0.494 e. The first-order valence-electron chi connectivity index (χ1n) is 7.13. The van der Waals surface area contributed by atoms with E-state index in [1.165, 1.54) is 17.1 Å². The van der Waals surface area contributed by atoms with Crippen LogP contribution in [-0.4, -0.2) is 38.5 Å². The van der Waals surface area contributed by atoms with Gasteiger partial charge in [-0.25, -0.2) is 9.07 Å². The molecule has 0 bridgehead atoms. The maximum absolute atomic E-state index is 14.3. The molecule has 8 heteroatoms. The van der Waals surface area contributed by atoms with Crippen molar-refractivity contribution in [2.75, 3.05) is 0 Å². The average Bonchev–Trinajstić information content (AvgIpc) is 2.99. The molecule has 2 aromatic rings. The number of hydrogen-bond acceptors (Lipinski definition) is 5. The van der Waals surface area contributed by atoms with E-state index in [0.29, 0.717) is 11.0 Å². The summed E-state index contributed by atoms with van der Waals surface area (Å²) in [5.41, 5.74) is 0.280. The van der Waals surface area contributed by atoms with Crippen molar-refractivity contribution in [3.05, 3.63) is 35.9 Å². The Morgan fingerprint density at radius 1 is 1.18 bits per heavy atom. The summed E-state index contributed by atoms with van der Waals surface area (Å²) < 4.78 is 27.6. The third-order valence-electron chi connectivity index (χ3n) is 4.33. The summed E-state index contributed by atoms with van der Waals surface area (Å²) in [5.74, 6) is -0.331. The predicted molar refractivity (Wildman–Crippen MR) is 79.0 cm³/mol. The predicted octanol–water partition coefficient (Wildman–Crippen LogP) is 1.16. The molecule has 6 nitrogen and oxygen atoms in total. The van der Waals surface area contributed by atoms with E-state index in [1.54, 1.807) is 6.07 Å². The Labute approximate surface area is 128 Å². The molecule has 116 valence electrons. The van der Waals surface area contributed by atoms with E-state index >= 15 is 0 Å². The summed E-state index contributed by atoms with van der Waals surface area (Å²) in [6.07, 6.45) is 1.45. The van der Waals surface area contributed by atoms with Gasteiger partial charge in [-0.3, -0.25) is 0 Å². The van der Waals surface area contributed by atoms with Gasteiger partial charge < -0.3 is 9.31 Å². The van der Waals surface area contributed by atoms with Crippen molar-refractivity contribution >= 4 is 12.6 Å². The van der Waals surface area contributed by atoms with Crippen LogP contribution in [0.2, 0.25) is 0 Å². The molecule has 0 N–H and O–H groups in total. The zero-order chi connectivity index (χ0) is 16.0. The van der Waals surface area contributed by atoms with Gasteiger partial charge >= 0.3 is 7.12 Å². The van der Waals surface area contributed by atoms with E-state index < -0.39 is 18.3 Å². The Morgan fingerprint density at radius 2 is 1.86 bits per heavy atom. The van der Waals surface area contributed by atoms with Crippen LogP contribution in [0.25, 0.3) is 0 Å². The maximum atomic E-state index is 14.3. The lowest BCUT2D eigenvalue weighted by molar-refractivity contribution is 0.00578. The highest BCUT2D eigenvalue weighted by atomic mass is 19.1. The van der Waals surface area contributed by atoms with Gasteiger partial charge in [-0.1, -0.05) is 12.1 Å². The van der Waals surface area contributed by atoms with Crippen LogP contribution >= 0.6 is 0 Å². The van der Waals surface area contributed by atoms with Crippen molar-refractivity contribution in [3.63, 3.8) is 0 Å². The third-order valence-corrected chi connectivity index (χ3v) is 4.33. The van der Waals surface area contributed by atoms with Gasteiger partial charge in [-0.2, -0.15) is 0 Å². The van der Waals surface area contributed by atoms with E-state index in [-0.39, 0.29) is 12.4 Å². The highest BCUT2D eigenvalue weighted by Crippen LogP contribution is 2.36. The molecule has 1 aromatic carbocycles. The lowest BCUT2D eigenvalue weighted by Gasteiger charge is -2.32. The molecule has 2 heterocycles. The standard InChI is InChI=1S/C14H18BFN4O2/c1-13(2)14(3,4)22-15(21-13)11-6-5-10(12(16)7-11)8-20-9-17-18-19-20/h5-7,9H,8H2,1-4H3. The molecule has 0 aliphatic carbocycles. The van der Waals surface area contributed by atoms with Gasteiger partial charge in [0.2, 0.25) is 0 Å². The Morgan fingerprint density at radius 3 is 2.41 bits per heavy atom. The van der Waals surface area contributed by atoms with Crippen LogP contribution in [0.1, 0.15) is 33.3 Å². The highest BCUT2D eigenvalue weighted by molar-refractivity contribution is 6.62. The molecule has 0 amide bonds. The number of aromatic nitrogens is 4. The van der Waals surface area contributed by atoms with E-state index in [1.807, 2.05) is 33.8 Å². The van der Waals surface area contributed by atoms with Gasteiger partial charge in [-0.15, -0.1) is 5.10 Å². The second kappa shape index (κ2) is 5.14. The Hall–Kier alpha value is -1.80. The number of benzene rings is 1. The topological polar surface area (TPSA) is 62.1 Å². The first-order valence-corrected chi connectivity index (χ1v) is 7.13. The Kier molecular flexibility index (Phi) is 3.53. The number of tetrazole rings is 1. The highest BCUT2D eigenvalue weighted by Gasteiger charge is 2.51. The summed E-state index contributed by atoms with van der Waals surface area (Å²) in [6, 6.07) is 4.96. The molecular formula is C14H18BFN4O2. The lowest BCUT2D eigenvalue weighted by Crippen LogP contribution is -2.41. The fourth-order valence-electron chi connectivity index (χ4n) is 2.24. The molecule has 0 unspecified atom stereocenters. The molecule has 0 spiro atoms. The summed E-state index contributed by atoms with van der Waals surface area (Å²) in [6.45, 7) is 8.15. The second-order valence-electron chi connectivity index (χ2n) is 6.45. The summed E-state index contributed by atoms with van der Waals surface area (Å²) in [7, 11) is -0.568. The van der Waals surface area contributed by atoms with Crippen molar-refractivity contribution < 1.29 is 13.7 Å². The summed E-state index contributed by atoms with van der Waals surface area (Å²) >= 11 is 0. The van der Waals surface area contributed by atoms with Gasteiger partial charge in [0.05, 0.1) is 17.7 Å². The van der Waals surface area contributed by atoms with Gasteiger partial charge in [0.25, 0.3) is 0 Å². The average molecular weight is 304 g/mol. The first kappa shape index (κ1) is 15.1.